The van der Waals surface area contributed by atoms with Crippen LogP contribution in [-0.4, -0.2) is 44.3 Å². The van der Waals surface area contributed by atoms with Gasteiger partial charge in [-0.2, -0.15) is 0 Å². The molecule has 0 heterocycles. The van der Waals surface area contributed by atoms with Gasteiger partial charge < -0.3 is 10.2 Å². The van der Waals surface area contributed by atoms with Gasteiger partial charge in [0.2, 0.25) is 11.8 Å². The van der Waals surface area contributed by atoms with Gasteiger partial charge in [0, 0.05) is 29.5 Å². The molecular formula is C33H33BrFN3O4S. The van der Waals surface area contributed by atoms with Crippen molar-refractivity contribution >= 4 is 43.5 Å². The normalized spacial score (nSPS) is 11.9. The van der Waals surface area contributed by atoms with E-state index >= 15 is 0 Å². The van der Waals surface area contributed by atoms with Gasteiger partial charge in [-0.3, -0.25) is 13.9 Å². The van der Waals surface area contributed by atoms with Crippen molar-refractivity contribution in [3.05, 3.63) is 131 Å². The Morgan fingerprint density at radius 3 is 2.19 bits per heavy atom. The molecule has 0 bridgehead atoms. The Bertz CT molecular complexity index is 1640. The number of hydrogen-bond acceptors (Lipinski definition) is 4. The third-order valence-corrected chi connectivity index (χ3v) is 9.11. The van der Waals surface area contributed by atoms with Crippen molar-refractivity contribution in [3.8, 4) is 0 Å². The van der Waals surface area contributed by atoms with E-state index in [1.54, 1.807) is 60.7 Å². The molecule has 0 saturated carbocycles. The van der Waals surface area contributed by atoms with E-state index in [1.807, 2.05) is 37.3 Å². The number of halogens is 2. The van der Waals surface area contributed by atoms with Gasteiger partial charge >= 0.3 is 0 Å². The Kier molecular flexibility index (Phi) is 11.1. The number of nitrogens with one attached hydrogen (secondary N) is 1. The highest BCUT2D eigenvalue weighted by molar-refractivity contribution is 9.10. The summed E-state index contributed by atoms with van der Waals surface area (Å²) >= 11 is 3.39. The summed E-state index contributed by atoms with van der Waals surface area (Å²) in [4.78, 5) is 29.2. The van der Waals surface area contributed by atoms with Crippen molar-refractivity contribution in [1.82, 2.24) is 10.2 Å². The van der Waals surface area contributed by atoms with Gasteiger partial charge in [0.25, 0.3) is 10.0 Å². The molecule has 0 fully saturated rings. The summed E-state index contributed by atoms with van der Waals surface area (Å²) < 4.78 is 44.5. The molecule has 0 aliphatic carbocycles. The van der Waals surface area contributed by atoms with Crippen molar-refractivity contribution in [2.45, 2.75) is 37.2 Å². The lowest BCUT2D eigenvalue weighted by Crippen LogP contribution is -2.53. The molecule has 1 atom stereocenters. The molecule has 0 radical (unpaired) electrons. The summed E-state index contributed by atoms with van der Waals surface area (Å²) in [5, 5.41) is 2.87. The van der Waals surface area contributed by atoms with Gasteiger partial charge in [0.1, 0.15) is 18.4 Å². The minimum atomic E-state index is -4.21. The molecule has 4 aromatic carbocycles. The number of carbonyl (C=O) groups excluding carboxylic acids is 2. The van der Waals surface area contributed by atoms with Crippen LogP contribution in [0.15, 0.2) is 119 Å². The second kappa shape index (κ2) is 14.9. The number of amides is 2. The van der Waals surface area contributed by atoms with Gasteiger partial charge in [-0.15, -0.1) is 0 Å². The fourth-order valence-corrected chi connectivity index (χ4v) is 6.42. The summed E-state index contributed by atoms with van der Waals surface area (Å²) in [5.41, 5.74) is 1.26. The maximum absolute atomic E-state index is 14.9. The average Bonchev–Trinajstić information content (AvgIpc) is 3.02. The summed E-state index contributed by atoms with van der Waals surface area (Å²) in [5.74, 6) is -1.60. The summed E-state index contributed by atoms with van der Waals surface area (Å²) in [7, 11) is -4.21. The Morgan fingerprint density at radius 2 is 1.53 bits per heavy atom. The fraction of sp³-hybridized carbons (Fsp3) is 0.212. The first-order valence-corrected chi connectivity index (χ1v) is 16.1. The predicted octanol–water partition coefficient (Wildman–Crippen LogP) is 5.95. The molecule has 4 aromatic rings. The minimum Gasteiger partial charge on any atom is -0.354 e. The highest BCUT2D eigenvalue weighted by atomic mass is 79.9. The van der Waals surface area contributed by atoms with E-state index in [4.69, 9.17) is 0 Å². The number of carbonyl (C=O) groups is 2. The molecule has 4 rings (SSSR count). The van der Waals surface area contributed by atoms with E-state index in [0.29, 0.717) is 17.4 Å². The topological polar surface area (TPSA) is 86.8 Å². The number of hydrogen-bond donors (Lipinski definition) is 1. The highest BCUT2D eigenvalue weighted by Crippen LogP contribution is 2.27. The monoisotopic (exact) mass is 665 g/mol. The van der Waals surface area contributed by atoms with Crippen LogP contribution in [0.4, 0.5) is 10.1 Å². The van der Waals surface area contributed by atoms with E-state index < -0.39 is 40.2 Å². The predicted molar refractivity (Wildman–Crippen MR) is 169 cm³/mol. The molecule has 224 valence electrons. The molecule has 43 heavy (non-hydrogen) atoms. The third kappa shape index (κ3) is 8.30. The zero-order valence-electron chi connectivity index (χ0n) is 23.7. The lowest BCUT2D eigenvalue weighted by atomic mass is 10.0. The first-order valence-electron chi connectivity index (χ1n) is 13.9. The maximum atomic E-state index is 14.9. The zero-order chi connectivity index (χ0) is 30.8. The van der Waals surface area contributed by atoms with Crippen LogP contribution in [0.3, 0.4) is 0 Å². The van der Waals surface area contributed by atoms with Crippen molar-refractivity contribution in [1.29, 1.82) is 0 Å². The lowest BCUT2D eigenvalue weighted by molar-refractivity contribution is -0.140. The second-order valence-electron chi connectivity index (χ2n) is 9.91. The summed E-state index contributed by atoms with van der Waals surface area (Å²) in [6, 6.07) is 28.6. The molecule has 7 nitrogen and oxygen atoms in total. The van der Waals surface area contributed by atoms with E-state index in [1.165, 1.54) is 23.1 Å². The summed E-state index contributed by atoms with van der Waals surface area (Å²) in [6.07, 6.45) is 0.829. The van der Waals surface area contributed by atoms with Gasteiger partial charge in [-0.05, 0) is 48.4 Å². The Labute approximate surface area is 260 Å². The molecule has 0 spiro atoms. The van der Waals surface area contributed by atoms with Crippen LogP contribution in [0, 0.1) is 5.82 Å². The van der Waals surface area contributed by atoms with Crippen LogP contribution in [0.1, 0.15) is 24.5 Å². The van der Waals surface area contributed by atoms with E-state index in [2.05, 4.69) is 21.2 Å². The lowest BCUT2D eigenvalue weighted by Gasteiger charge is -2.34. The molecule has 2 amide bonds. The molecule has 0 aliphatic heterocycles. The number of anilines is 1. The van der Waals surface area contributed by atoms with Crippen LogP contribution >= 0.6 is 15.9 Å². The minimum absolute atomic E-state index is 0.00459. The van der Waals surface area contributed by atoms with Crippen molar-refractivity contribution in [2.75, 3.05) is 17.4 Å². The zero-order valence-corrected chi connectivity index (χ0v) is 26.1. The number of nitrogens with zero attached hydrogens (tertiary/aromatic N) is 2. The van der Waals surface area contributed by atoms with Gasteiger partial charge in [0.15, 0.2) is 0 Å². The second-order valence-corrected chi connectivity index (χ2v) is 12.7. The molecule has 1 N–H and O–H groups in total. The van der Waals surface area contributed by atoms with Crippen LogP contribution in [-0.2, 0) is 32.6 Å². The van der Waals surface area contributed by atoms with Gasteiger partial charge in [0.05, 0.1) is 10.6 Å². The molecule has 0 aromatic heterocycles. The van der Waals surface area contributed by atoms with Crippen molar-refractivity contribution in [3.63, 3.8) is 0 Å². The molecule has 10 heteroatoms. The van der Waals surface area contributed by atoms with E-state index in [9.17, 15) is 22.4 Å². The van der Waals surface area contributed by atoms with Crippen molar-refractivity contribution < 1.29 is 22.4 Å². The maximum Gasteiger partial charge on any atom is 0.264 e. The largest absolute Gasteiger partial charge is 0.354 e. The van der Waals surface area contributed by atoms with Crippen LogP contribution < -0.4 is 9.62 Å². The molecule has 0 aliphatic rings. The number of sulfonamides is 1. The Morgan fingerprint density at radius 1 is 0.884 bits per heavy atom. The standard InChI is InChI=1S/C33H33BrFN3O4S/c1-2-20-36-33(40)31(21-25-12-5-3-6-13-25)37(23-26-14-9-10-19-30(26)35)32(39)24-38(28-16-11-15-27(34)22-28)43(41,42)29-17-7-4-8-18-29/h3-19,22,31H,2,20-21,23-24H2,1H3,(H,36,40). The SMILES string of the molecule is CCCNC(=O)C(Cc1ccccc1)N(Cc1ccccc1F)C(=O)CN(c1cccc(Br)c1)S(=O)(=O)c1ccccc1. The van der Waals surface area contributed by atoms with Gasteiger partial charge in [-0.25, -0.2) is 12.8 Å². The Hall–Kier alpha value is -4.02. The smallest absolute Gasteiger partial charge is 0.264 e. The van der Waals surface area contributed by atoms with Crippen molar-refractivity contribution in [2.24, 2.45) is 0 Å². The third-order valence-electron chi connectivity index (χ3n) is 6.83. The summed E-state index contributed by atoms with van der Waals surface area (Å²) in [6.45, 7) is 1.45. The average molecular weight is 667 g/mol. The Balaban J connectivity index is 1.80. The number of rotatable bonds is 13. The van der Waals surface area contributed by atoms with Crippen LogP contribution in [0.25, 0.3) is 0 Å². The first-order chi connectivity index (χ1) is 20.7. The quantitative estimate of drug-likeness (QED) is 0.191. The van der Waals surface area contributed by atoms with Crippen LogP contribution in [0.2, 0.25) is 0 Å². The van der Waals surface area contributed by atoms with E-state index in [0.717, 1.165) is 9.87 Å². The fourth-order valence-electron chi connectivity index (χ4n) is 4.61. The van der Waals surface area contributed by atoms with Crippen LogP contribution in [0.5, 0.6) is 0 Å². The molecule has 0 saturated heterocycles. The van der Waals surface area contributed by atoms with Gasteiger partial charge in [-0.1, -0.05) is 95.7 Å². The van der Waals surface area contributed by atoms with E-state index in [-0.39, 0.29) is 29.1 Å². The number of benzene rings is 4. The highest BCUT2D eigenvalue weighted by Gasteiger charge is 2.35. The molecular weight excluding hydrogens is 633 g/mol. The molecule has 1 unspecified atom stereocenters. The first kappa shape index (κ1) is 31.9.